The van der Waals surface area contributed by atoms with Crippen LogP contribution in [0.5, 0.6) is 0 Å². The van der Waals surface area contributed by atoms with Crippen molar-refractivity contribution in [2.24, 2.45) is 0 Å². The van der Waals surface area contributed by atoms with Crippen molar-refractivity contribution in [3.05, 3.63) is 98.5 Å². The van der Waals surface area contributed by atoms with Crippen molar-refractivity contribution in [2.75, 3.05) is 10.2 Å². The van der Waals surface area contributed by atoms with Crippen LogP contribution in [0, 0.1) is 0 Å². The van der Waals surface area contributed by atoms with Crippen molar-refractivity contribution in [1.29, 1.82) is 0 Å². The van der Waals surface area contributed by atoms with Crippen LogP contribution < -0.4 is 10.2 Å². The molecular weight excluding hydrogens is 520 g/mol. The van der Waals surface area contributed by atoms with Crippen LogP contribution in [0.25, 0.3) is 0 Å². The first-order chi connectivity index (χ1) is 16.6. The molecule has 10 heteroatoms. The van der Waals surface area contributed by atoms with Crippen LogP contribution in [0.1, 0.15) is 18.1 Å². The summed E-state index contributed by atoms with van der Waals surface area (Å²) >= 11 is 13.1. The van der Waals surface area contributed by atoms with E-state index >= 15 is 0 Å². The number of alkyl halides is 3. The molecular formula is C25H17Cl2F3N2O2S. The van der Waals surface area contributed by atoms with E-state index in [1.54, 1.807) is 36.4 Å². The first kappa shape index (κ1) is 25.2. The Morgan fingerprint density at radius 1 is 0.943 bits per heavy atom. The molecule has 35 heavy (non-hydrogen) atoms. The molecule has 2 amide bonds. The number of carbonyl (C=O) groups is 2. The number of nitrogens with zero attached hydrogens (tertiary/aromatic N) is 1. The van der Waals surface area contributed by atoms with Gasteiger partial charge >= 0.3 is 6.18 Å². The summed E-state index contributed by atoms with van der Waals surface area (Å²) in [7, 11) is 0. The van der Waals surface area contributed by atoms with E-state index in [1.807, 2.05) is 19.1 Å². The fourth-order valence-electron chi connectivity index (χ4n) is 3.50. The molecule has 0 radical (unpaired) electrons. The lowest BCUT2D eigenvalue weighted by Crippen LogP contribution is -2.33. The van der Waals surface area contributed by atoms with Gasteiger partial charge in [0.05, 0.1) is 16.3 Å². The Morgan fingerprint density at radius 2 is 1.63 bits per heavy atom. The summed E-state index contributed by atoms with van der Waals surface area (Å²) < 4.78 is 40.1. The fraction of sp³-hybridized carbons (Fsp3) is 0.120. The number of rotatable bonds is 6. The maximum absolute atomic E-state index is 13.5. The second kappa shape index (κ2) is 9.97. The van der Waals surface area contributed by atoms with Crippen molar-refractivity contribution in [2.45, 2.75) is 24.4 Å². The summed E-state index contributed by atoms with van der Waals surface area (Å²) in [4.78, 5) is 28.3. The third-order valence-electron chi connectivity index (χ3n) is 5.25. The minimum absolute atomic E-state index is 0.0247. The van der Waals surface area contributed by atoms with Gasteiger partial charge in [-0.3, -0.25) is 9.59 Å². The quantitative estimate of drug-likeness (QED) is 0.330. The third kappa shape index (κ3) is 5.19. The molecule has 0 saturated heterocycles. The lowest BCUT2D eigenvalue weighted by Gasteiger charge is -2.19. The van der Waals surface area contributed by atoms with Crippen LogP contribution in [0.2, 0.25) is 10.0 Å². The zero-order valence-corrected chi connectivity index (χ0v) is 20.4. The Bertz CT molecular complexity index is 1340. The van der Waals surface area contributed by atoms with Gasteiger partial charge in [0.2, 0.25) is 0 Å². The molecule has 1 aliphatic heterocycles. The zero-order valence-electron chi connectivity index (χ0n) is 18.1. The first-order valence-electron chi connectivity index (χ1n) is 10.4. The standard InChI is InChI=1S/C25H17Cl2F3N2O2S/c1-2-14-5-3-4-6-19(14)31-21-22(35-17-10-8-16(26)9-11-17)24(34)32(23(21)33)20-13-15(25(28,29)30)7-12-18(20)27/h3-13,31H,2H2,1H3. The maximum Gasteiger partial charge on any atom is 0.416 e. The van der Waals surface area contributed by atoms with Crippen LogP contribution in [-0.4, -0.2) is 11.8 Å². The predicted molar refractivity (Wildman–Crippen MR) is 133 cm³/mol. The van der Waals surface area contributed by atoms with Gasteiger partial charge in [-0.25, -0.2) is 4.90 Å². The Morgan fingerprint density at radius 3 is 2.29 bits per heavy atom. The van der Waals surface area contributed by atoms with E-state index in [1.165, 1.54) is 0 Å². The van der Waals surface area contributed by atoms with Crippen LogP contribution in [0.15, 0.2) is 82.2 Å². The normalized spacial score (nSPS) is 14.2. The van der Waals surface area contributed by atoms with Gasteiger partial charge in [-0.05, 0) is 60.5 Å². The van der Waals surface area contributed by atoms with Gasteiger partial charge in [0, 0.05) is 15.6 Å². The van der Waals surface area contributed by atoms with Gasteiger partial charge in [-0.15, -0.1) is 0 Å². The Balaban J connectivity index is 1.81. The van der Waals surface area contributed by atoms with E-state index in [9.17, 15) is 22.8 Å². The molecule has 4 nitrogen and oxygen atoms in total. The van der Waals surface area contributed by atoms with E-state index in [4.69, 9.17) is 23.2 Å². The van der Waals surface area contributed by atoms with Gasteiger partial charge in [0.15, 0.2) is 0 Å². The summed E-state index contributed by atoms with van der Waals surface area (Å²) in [6.07, 6.45) is -4.03. The second-order valence-electron chi connectivity index (χ2n) is 7.51. The molecule has 1 aliphatic rings. The van der Waals surface area contributed by atoms with E-state index in [0.29, 0.717) is 33.0 Å². The van der Waals surface area contributed by atoms with E-state index in [-0.39, 0.29) is 21.3 Å². The lowest BCUT2D eigenvalue weighted by atomic mass is 10.1. The molecule has 180 valence electrons. The summed E-state index contributed by atoms with van der Waals surface area (Å²) in [5, 5.41) is 3.37. The molecule has 0 fully saturated rings. The number of carbonyl (C=O) groups excluding carboxylic acids is 2. The zero-order chi connectivity index (χ0) is 25.3. The van der Waals surface area contributed by atoms with Crippen molar-refractivity contribution in [3.8, 4) is 0 Å². The molecule has 0 unspecified atom stereocenters. The number of amides is 2. The smallest absolute Gasteiger partial charge is 0.350 e. The largest absolute Gasteiger partial charge is 0.416 e. The van der Waals surface area contributed by atoms with Crippen LogP contribution in [-0.2, 0) is 22.2 Å². The minimum atomic E-state index is -4.68. The van der Waals surface area contributed by atoms with E-state index in [2.05, 4.69) is 5.32 Å². The third-order valence-corrected chi connectivity index (χ3v) is 6.91. The van der Waals surface area contributed by atoms with Gasteiger partial charge in [0.25, 0.3) is 11.8 Å². The van der Waals surface area contributed by atoms with Gasteiger partial charge in [-0.2, -0.15) is 13.2 Å². The average Bonchev–Trinajstić information content (AvgIpc) is 3.04. The number of aryl methyl sites for hydroxylation is 1. The number of benzene rings is 3. The molecule has 3 aromatic rings. The molecule has 3 aromatic carbocycles. The summed E-state index contributed by atoms with van der Waals surface area (Å²) in [6.45, 7) is 1.94. The molecule has 0 bridgehead atoms. The van der Waals surface area contributed by atoms with Crippen LogP contribution in [0.3, 0.4) is 0 Å². The topological polar surface area (TPSA) is 49.4 Å². The number of imide groups is 1. The van der Waals surface area contributed by atoms with Gasteiger partial charge in [0.1, 0.15) is 10.6 Å². The van der Waals surface area contributed by atoms with Crippen LogP contribution >= 0.6 is 35.0 Å². The number of halogens is 5. The summed E-state index contributed by atoms with van der Waals surface area (Å²) in [5.41, 5.74) is 0.0849. The fourth-order valence-corrected chi connectivity index (χ4v) is 4.75. The average molecular weight is 537 g/mol. The molecule has 4 rings (SSSR count). The number of thioether (sulfide) groups is 1. The summed E-state index contributed by atoms with van der Waals surface area (Å²) in [5.74, 6) is -1.59. The highest BCUT2D eigenvalue weighted by Crippen LogP contribution is 2.42. The number of para-hydroxylation sites is 1. The lowest BCUT2D eigenvalue weighted by molar-refractivity contribution is -0.137. The molecule has 0 atom stereocenters. The number of anilines is 2. The molecule has 1 N–H and O–H groups in total. The van der Waals surface area contributed by atoms with E-state index in [0.717, 1.165) is 29.5 Å². The molecule has 0 saturated carbocycles. The monoisotopic (exact) mass is 536 g/mol. The highest BCUT2D eigenvalue weighted by molar-refractivity contribution is 8.04. The first-order valence-corrected chi connectivity index (χ1v) is 12.0. The number of nitrogens with one attached hydrogen (secondary N) is 1. The molecule has 0 spiro atoms. The minimum Gasteiger partial charge on any atom is -0.350 e. The summed E-state index contributed by atoms with van der Waals surface area (Å²) in [6, 6.07) is 16.4. The predicted octanol–water partition coefficient (Wildman–Crippen LogP) is 7.56. The molecule has 1 heterocycles. The SMILES string of the molecule is CCc1ccccc1NC1=C(Sc2ccc(Cl)cc2)C(=O)N(c2cc(C(F)(F)F)ccc2Cl)C1=O. The van der Waals surface area contributed by atoms with Crippen molar-refractivity contribution in [1.82, 2.24) is 0 Å². The van der Waals surface area contributed by atoms with E-state index < -0.39 is 23.6 Å². The Kier molecular flexibility index (Phi) is 7.17. The number of hydrogen-bond acceptors (Lipinski definition) is 4. The number of hydrogen-bond donors (Lipinski definition) is 1. The molecule has 0 aromatic heterocycles. The Hall–Kier alpha value is -2.94. The molecule has 0 aliphatic carbocycles. The van der Waals surface area contributed by atoms with Crippen molar-refractivity contribution in [3.63, 3.8) is 0 Å². The maximum atomic E-state index is 13.5. The van der Waals surface area contributed by atoms with Crippen molar-refractivity contribution >= 4 is 58.2 Å². The van der Waals surface area contributed by atoms with Gasteiger partial charge in [-0.1, -0.05) is 60.1 Å². The Labute approximate surface area is 213 Å². The second-order valence-corrected chi connectivity index (χ2v) is 9.43. The highest BCUT2D eigenvalue weighted by Gasteiger charge is 2.42. The van der Waals surface area contributed by atoms with Crippen molar-refractivity contribution < 1.29 is 22.8 Å². The highest BCUT2D eigenvalue weighted by atomic mass is 35.5. The van der Waals surface area contributed by atoms with Gasteiger partial charge < -0.3 is 5.32 Å². The van der Waals surface area contributed by atoms with Crippen LogP contribution in [0.4, 0.5) is 24.5 Å².